The molecule has 0 spiro atoms. The fraction of sp³-hybridized carbons (Fsp3) is 0.211. The molecular formula is C19H16ClN3O6S. The van der Waals surface area contributed by atoms with Gasteiger partial charge in [0.15, 0.2) is 0 Å². The lowest BCUT2D eigenvalue weighted by molar-refractivity contribution is -0.384. The van der Waals surface area contributed by atoms with Crippen molar-refractivity contribution in [1.29, 1.82) is 0 Å². The molecule has 0 atom stereocenters. The molecule has 1 fully saturated rings. The predicted molar refractivity (Wildman–Crippen MR) is 112 cm³/mol. The van der Waals surface area contributed by atoms with E-state index in [1.807, 2.05) is 6.92 Å². The summed E-state index contributed by atoms with van der Waals surface area (Å²) in [6.45, 7) is 3.15. The molecule has 156 valence electrons. The van der Waals surface area contributed by atoms with Gasteiger partial charge >= 0.3 is 5.97 Å². The van der Waals surface area contributed by atoms with Crippen LogP contribution in [0.15, 0.2) is 29.2 Å². The highest BCUT2D eigenvalue weighted by atomic mass is 35.5. The van der Waals surface area contributed by atoms with Crippen LogP contribution in [0.4, 0.5) is 10.5 Å². The zero-order valence-electron chi connectivity index (χ0n) is 16.2. The molecule has 9 nitrogen and oxygen atoms in total. The lowest BCUT2D eigenvalue weighted by Crippen LogP contribution is -2.34. The molecule has 0 radical (unpaired) electrons. The molecule has 1 saturated heterocycles. The maximum Gasteiger partial charge on any atom is 0.325 e. The van der Waals surface area contributed by atoms with E-state index in [0.29, 0.717) is 16.9 Å². The Bertz CT molecular complexity index is 1120. The van der Waals surface area contributed by atoms with Crippen LogP contribution in [-0.4, -0.2) is 45.2 Å². The summed E-state index contributed by atoms with van der Waals surface area (Å²) in [5.74, 6) is -1.27. The van der Waals surface area contributed by atoms with Crippen molar-refractivity contribution in [2.24, 2.45) is 0 Å². The molecule has 0 unspecified atom stereocenters. The molecule has 2 heterocycles. The molecule has 1 aromatic heterocycles. The number of esters is 1. The van der Waals surface area contributed by atoms with Crippen LogP contribution >= 0.6 is 23.4 Å². The fourth-order valence-corrected chi connectivity index (χ4v) is 4.10. The lowest BCUT2D eigenvalue weighted by Gasteiger charge is -2.10. The maximum atomic E-state index is 12.5. The van der Waals surface area contributed by atoms with Gasteiger partial charge in [0.25, 0.3) is 16.8 Å². The van der Waals surface area contributed by atoms with Gasteiger partial charge in [0, 0.05) is 17.5 Å². The summed E-state index contributed by atoms with van der Waals surface area (Å²) in [5.41, 5.74) is 2.47. The van der Waals surface area contributed by atoms with Crippen molar-refractivity contribution >= 4 is 52.2 Å². The second-order valence-electron chi connectivity index (χ2n) is 6.40. The molecule has 3 rings (SSSR count). The summed E-state index contributed by atoms with van der Waals surface area (Å²) in [4.78, 5) is 47.7. The maximum absolute atomic E-state index is 12.5. The summed E-state index contributed by atoms with van der Waals surface area (Å²) in [6.07, 6.45) is 1.56. The van der Waals surface area contributed by atoms with Crippen LogP contribution in [0.2, 0.25) is 5.02 Å². The van der Waals surface area contributed by atoms with Crippen molar-refractivity contribution < 1.29 is 24.0 Å². The van der Waals surface area contributed by atoms with Crippen molar-refractivity contribution in [2.45, 2.75) is 13.8 Å². The monoisotopic (exact) mass is 449 g/mol. The molecule has 0 bridgehead atoms. The number of ether oxygens (including phenoxy) is 1. The van der Waals surface area contributed by atoms with Gasteiger partial charge in [-0.15, -0.1) is 0 Å². The van der Waals surface area contributed by atoms with Crippen LogP contribution < -0.4 is 0 Å². The predicted octanol–water partition coefficient (Wildman–Crippen LogP) is 3.87. The molecule has 0 aliphatic carbocycles. The van der Waals surface area contributed by atoms with E-state index in [2.05, 4.69) is 4.74 Å². The van der Waals surface area contributed by atoms with Gasteiger partial charge in [0.05, 0.1) is 22.6 Å². The first-order valence-corrected chi connectivity index (χ1v) is 9.79. The second kappa shape index (κ2) is 8.33. The molecule has 2 amide bonds. The van der Waals surface area contributed by atoms with E-state index in [4.69, 9.17) is 11.6 Å². The topological polar surface area (TPSA) is 112 Å². The van der Waals surface area contributed by atoms with Crippen molar-refractivity contribution in [3.05, 3.63) is 61.3 Å². The van der Waals surface area contributed by atoms with E-state index in [1.54, 1.807) is 29.7 Å². The lowest BCUT2D eigenvalue weighted by atomic mass is 10.2. The second-order valence-corrected chi connectivity index (χ2v) is 7.80. The molecule has 30 heavy (non-hydrogen) atoms. The molecule has 0 N–H and O–H groups in total. The Morgan fingerprint density at radius 2 is 2.00 bits per heavy atom. The summed E-state index contributed by atoms with van der Waals surface area (Å²) in [7, 11) is 1.17. The number of nitro benzene ring substituents is 1. The highest BCUT2D eigenvalue weighted by molar-refractivity contribution is 8.18. The number of halogens is 1. The molecule has 1 aliphatic rings. The Hall–Kier alpha value is -3.11. The zero-order chi connectivity index (χ0) is 22.2. The average molecular weight is 450 g/mol. The highest BCUT2D eigenvalue weighted by Gasteiger charge is 2.36. The Morgan fingerprint density at radius 3 is 2.63 bits per heavy atom. The summed E-state index contributed by atoms with van der Waals surface area (Å²) in [6, 6.07) is 6.27. The number of nitrogens with zero attached hydrogens (tertiary/aromatic N) is 3. The van der Waals surface area contributed by atoms with E-state index in [0.717, 1.165) is 22.4 Å². The van der Waals surface area contributed by atoms with Gasteiger partial charge in [-0.2, -0.15) is 0 Å². The number of imide groups is 1. The summed E-state index contributed by atoms with van der Waals surface area (Å²) < 4.78 is 6.30. The van der Waals surface area contributed by atoms with E-state index < -0.39 is 28.6 Å². The average Bonchev–Trinajstić information content (AvgIpc) is 3.11. The number of benzene rings is 1. The molecule has 11 heteroatoms. The number of nitro groups is 1. The zero-order valence-corrected chi connectivity index (χ0v) is 17.7. The molecule has 0 saturated carbocycles. The summed E-state index contributed by atoms with van der Waals surface area (Å²) >= 11 is 6.63. The molecule has 2 aromatic rings. The van der Waals surface area contributed by atoms with Crippen molar-refractivity contribution in [3.63, 3.8) is 0 Å². The van der Waals surface area contributed by atoms with Crippen LogP contribution in [0, 0.1) is 24.0 Å². The van der Waals surface area contributed by atoms with E-state index >= 15 is 0 Å². The highest BCUT2D eigenvalue weighted by Crippen LogP contribution is 2.34. The van der Waals surface area contributed by atoms with Gasteiger partial charge in [-0.05, 0) is 55.4 Å². The van der Waals surface area contributed by atoms with Gasteiger partial charge in [0.1, 0.15) is 11.6 Å². The quantitative estimate of drug-likeness (QED) is 0.295. The number of thioether (sulfide) groups is 1. The molecule has 1 aromatic carbocycles. The Morgan fingerprint density at radius 1 is 1.30 bits per heavy atom. The van der Waals surface area contributed by atoms with Crippen LogP contribution in [0.3, 0.4) is 0 Å². The third-order valence-electron chi connectivity index (χ3n) is 4.53. The fourth-order valence-electron chi connectivity index (χ4n) is 3.08. The van der Waals surface area contributed by atoms with Gasteiger partial charge in [-0.25, -0.2) is 0 Å². The van der Waals surface area contributed by atoms with E-state index in [9.17, 15) is 24.5 Å². The standard InChI is InChI=1S/C19H16ClN3O6S/c1-10-6-12(7-16-18(25)21(19(26)30-16)9-17(24)29-3)11(2)22(10)13-4-5-14(20)15(8-13)23(27)28/h4-8H,9H2,1-3H3/b16-7-. The first-order valence-electron chi connectivity index (χ1n) is 8.59. The van der Waals surface area contributed by atoms with Crippen molar-refractivity contribution in [2.75, 3.05) is 13.7 Å². The number of methoxy groups -OCH3 is 1. The third-order valence-corrected chi connectivity index (χ3v) is 5.76. The normalized spacial score (nSPS) is 15.2. The Balaban J connectivity index is 1.98. The summed E-state index contributed by atoms with van der Waals surface area (Å²) in [5, 5.41) is 10.7. The van der Waals surface area contributed by atoms with Crippen molar-refractivity contribution in [3.8, 4) is 5.69 Å². The van der Waals surface area contributed by atoms with Gasteiger partial charge in [-0.3, -0.25) is 29.4 Å². The Labute approximate surface area is 180 Å². The third kappa shape index (κ3) is 3.96. The number of hydrogen-bond acceptors (Lipinski definition) is 7. The molecule has 1 aliphatic heterocycles. The van der Waals surface area contributed by atoms with Crippen LogP contribution in [-0.2, 0) is 14.3 Å². The number of hydrogen-bond donors (Lipinski definition) is 0. The minimum atomic E-state index is -0.693. The number of carbonyl (C=O) groups is 3. The molecular weight excluding hydrogens is 434 g/mol. The van der Waals surface area contributed by atoms with Gasteiger partial charge < -0.3 is 9.30 Å². The van der Waals surface area contributed by atoms with Crippen LogP contribution in [0.5, 0.6) is 0 Å². The number of carbonyl (C=O) groups excluding carboxylic acids is 3. The van der Waals surface area contributed by atoms with Gasteiger partial charge in [-0.1, -0.05) is 11.6 Å². The van der Waals surface area contributed by atoms with Gasteiger partial charge in [0.2, 0.25) is 0 Å². The van der Waals surface area contributed by atoms with Crippen LogP contribution in [0.25, 0.3) is 11.8 Å². The number of rotatable bonds is 5. The largest absolute Gasteiger partial charge is 0.468 e. The number of amides is 2. The van der Waals surface area contributed by atoms with Crippen LogP contribution in [0.1, 0.15) is 17.0 Å². The minimum absolute atomic E-state index is 0.0331. The van der Waals surface area contributed by atoms with E-state index in [-0.39, 0.29) is 15.6 Å². The van der Waals surface area contributed by atoms with E-state index in [1.165, 1.54) is 19.2 Å². The van der Waals surface area contributed by atoms with Crippen molar-refractivity contribution in [1.82, 2.24) is 9.47 Å². The first kappa shape index (κ1) is 21.6. The minimum Gasteiger partial charge on any atom is -0.468 e. The number of aryl methyl sites for hydroxylation is 1. The smallest absolute Gasteiger partial charge is 0.325 e. The Kier molecular flexibility index (Phi) is 5.99. The first-order chi connectivity index (χ1) is 14.1. The SMILES string of the molecule is COC(=O)CN1C(=O)S/C(=C\c2cc(C)n(-c3ccc(Cl)c([N+](=O)[O-])c3)c2C)C1=O. The number of aromatic nitrogens is 1.